The molecular formula is C52H62. The van der Waals surface area contributed by atoms with Crippen molar-refractivity contribution in [3.63, 3.8) is 0 Å². The first-order valence-electron chi connectivity index (χ1n) is 18.1. The molecule has 0 fully saturated rings. The van der Waals surface area contributed by atoms with E-state index in [0.717, 1.165) is 6.42 Å². The van der Waals surface area contributed by atoms with E-state index in [9.17, 15) is 0 Å². The molecule has 7 aromatic rings. The topological polar surface area (TPSA) is 0 Å². The van der Waals surface area contributed by atoms with Gasteiger partial charge in [0.15, 0.2) is 0 Å². The van der Waals surface area contributed by atoms with Crippen LogP contribution in [0.3, 0.4) is 0 Å². The molecule has 1 aliphatic rings. The van der Waals surface area contributed by atoms with Crippen molar-refractivity contribution in [3.05, 3.63) is 233 Å². The lowest BCUT2D eigenvalue weighted by Crippen LogP contribution is -1.78. The number of hydrogen-bond donors (Lipinski definition) is 0. The third-order valence-electron chi connectivity index (χ3n) is 7.75. The summed E-state index contributed by atoms with van der Waals surface area (Å²) < 4.78 is 0. The zero-order chi connectivity index (χ0) is 37.1. The van der Waals surface area contributed by atoms with Crippen LogP contribution in [0.4, 0.5) is 0 Å². The van der Waals surface area contributed by atoms with E-state index >= 15 is 0 Å². The van der Waals surface area contributed by atoms with E-state index < -0.39 is 0 Å². The Morgan fingerprint density at radius 3 is 1.02 bits per heavy atom. The summed E-state index contributed by atoms with van der Waals surface area (Å²) >= 11 is 0. The van der Waals surface area contributed by atoms with E-state index in [2.05, 4.69) is 181 Å². The van der Waals surface area contributed by atoms with Crippen LogP contribution in [0.2, 0.25) is 0 Å². The van der Waals surface area contributed by atoms with Gasteiger partial charge < -0.3 is 0 Å². The molecule has 0 aromatic heterocycles. The SMILES string of the molecule is C.C1=Cc2ccccc2C1.CC.Cc1cc(C)cc(C)c1.Cc1ccccc1.Cc1ccccc1C.c1ccc2ccccc2c1.c1ccccc1. The second-order valence-electron chi connectivity index (χ2n) is 12.2. The van der Waals surface area contributed by atoms with Crippen molar-refractivity contribution >= 4 is 16.8 Å². The van der Waals surface area contributed by atoms with Gasteiger partial charge in [-0.1, -0.05) is 238 Å². The van der Waals surface area contributed by atoms with Crippen LogP contribution in [-0.2, 0) is 6.42 Å². The van der Waals surface area contributed by atoms with Gasteiger partial charge in [-0.15, -0.1) is 0 Å². The summed E-state index contributed by atoms with van der Waals surface area (Å²) in [5.74, 6) is 0. The fourth-order valence-corrected chi connectivity index (χ4v) is 5.11. The minimum absolute atomic E-state index is 0. The first-order chi connectivity index (χ1) is 24.8. The number of benzene rings is 7. The van der Waals surface area contributed by atoms with Crippen molar-refractivity contribution in [1.29, 1.82) is 0 Å². The maximum Gasteiger partial charge on any atom is -0.00882 e. The highest BCUT2D eigenvalue weighted by molar-refractivity contribution is 5.82. The van der Waals surface area contributed by atoms with E-state index in [4.69, 9.17) is 0 Å². The van der Waals surface area contributed by atoms with Crippen LogP contribution >= 0.6 is 0 Å². The Morgan fingerprint density at radius 1 is 0.346 bits per heavy atom. The van der Waals surface area contributed by atoms with Crippen molar-refractivity contribution in [1.82, 2.24) is 0 Å². The zero-order valence-electron chi connectivity index (χ0n) is 32.2. The van der Waals surface area contributed by atoms with Gasteiger partial charge in [0.1, 0.15) is 0 Å². The Balaban J connectivity index is 0.000000310. The molecule has 0 nitrogen and oxygen atoms in total. The smallest absolute Gasteiger partial charge is 0.00882 e. The lowest BCUT2D eigenvalue weighted by Gasteiger charge is -1.96. The minimum Gasteiger partial charge on any atom is -0.0795 e. The van der Waals surface area contributed by atoms with Crippen LogP contribution in [0.1, 0.15) is 65.8 Å². The maximum atomic E-state index is 2.20. The van der Waals surface area contributed by atoms with E-state index in [-0.39, 0.29) is 7.43 Å². The van der Waals surface area contributed by atoms with Crippen LogP contribution in [0.15, 0.2) is 188 Å². The maximum absolute atomic E-state index is 2.20. The zero-order valence-corrected chi connectivity index (χ0v) is 32.2. The summed E-state index contributed by atoms with van der Waals surface area (Å²) in [5.41, 5.74) is 11.0. The van der Waals surface area contributed by atoms with E-state index in [1.165, 1.54) is 55.3 Å². The molecule has 0 N–H and O–H groups in total. The van der Waals surface area contributed by atoms with Crippen molar-refractivity contribution in [2.45, 2.75) is 69.2 Å². The Kier molecular flexibility index (Phi) is 23.4. The molecular weight excluding hydrogens is 625 g/mol. The minimum atomic E-state index is 0. The second kappa shape index (κ2) is 27.3. The highest BCUT2D eigenvalue weighted by Crippen LogP contribution is 2.17. The third-order valence-corrected chi connectivity index (χ3v) is 7.75. The Bertz CT molecular complexity index is 1770. The molecule has 0 heteroatoms. The largest absolute Gasteiger partial charge is 0.0795 e. The lowest BCUT2D eigenvalue weighted by atomic mass is 10.1. The molecule has 52 heavy (non-hydrogen) atoms. The van der Waals surface area contributed by atoms with Gasteiger partial charge in [-0.25, -0.2) is 0 Å². The quantitative estimate of drug-likeness (QED) is 0.149. The predicted molar refractivity (Wildman–Crippen MR) is 235 cm³/mol. The molecule has 1 aliphatic carbocycles. The first kappa shape index (κ1) is 44.6. The van der Waals surface area contributed by atoms with Gasteiger partial charge in [-0.05, 0) is 81.0 Å². The number of hydrogen-bond acceptors (Lipinski definition) is 0. The van der Waals surface area contributed by atoms with Crippen LogP contribution in [-0.4, -0.2) is 0 Å². The number of fused-ring (bicyclic) bond motifs is 2. The first-order valence-corrected chi connectivity index (χ1v) is 18.1. The fourth-order valence-electron chi connectivity index (χ4n) is 5.11. The summed E-state index contributed by atoms with van der Waals surface area (Å²) in [6.07, 6.45) is 5.50. The molecule has 0 heterocycles. The molecule has 0 atom stereocenters. The van der Waals surface area contributed by atoms with Crippen LogP contribution in [0, 0.1) is 41.5 Å². The number of allylic oxidation sites excluding steroid dienone is 1. The molecule has 270 valence electrons. The van der Waals surface area contributed by atoms with Crippen LogP contribution in [0.25, 0.3) is 16.8 Å². The molecule has 0 saturated carbocycles. The van der Waals surface area contributed by atoms with Crippen molar-refractivity contribution in [2.75, 3.05) is 0 Å². The van der Waals surface area contributed by atoms with Crippen molar-refractivity contribution in [3.8, 4) is 0 Å². The predicted octanol–water partition coefficient (Wildman–Crippen LogP) is 15.4. The molecule has 0 amide bonds. The molecule has 0 aliphatic heterocycles. The lowest BCUT2D eigenvalue weighted by molar-refractivity contribution is 1.31. The van der Waals surface area contributed by atoms with Crippen LogP contribution < -0.4 is 0 Å². The van der Waals surface area contributed by atoms with Gasteiger partial charge in [-0.3, -0.25) is 0 Å². The highest BCUT2D eigenvalue weighted by Gasteiger charge is 2.00. The van der Waals surface area contributed by atoms with E-state index in [1.807, 2.05) is 68.4 Å². The normalized spacial score (nSPS) is 9.62. The van der Waals surface area contributed by atoms with Gasteiger partial charge in [0.2, 0.25) is 0 Å². The standard InChI is InChI=1S/C10H8.C9H8.C9H12.C8H10.C7H8.C6H6.C2H6.CH4/c1-2-6-10-8-4-3-7-9(10)5-1;1-2-5-9-7-3-6-8(9)4-1;1-7-4-8(2)6-9(3)5-7;1-7-5-3-4-6-8(7)2;1-7-5-3-2-4-6-7;1-2-4-6-5-3-1;1-2;/h1-8H;1-6H,7H2;4-6H,1-3H3;3-6H,1-2H3;2-6H,1H3;1-6H;1-2H3;1H4. The number of rotatable bonds is 0. The third kappa shape index (κ3) is 19.1. The second-order valence-corrected chi connectivity index (χ2v) is 12.2. The number of aryl methyl sites for hydroxylation is 6. The molecule has 0 bridgehead atoms. The summed E-state index contributed by atoms with van der Waals surface area (Å²) in [5, 5.41) is 2.62. The molecule has 0 unspecified atom stereocenters. The molecule has 0 radical (unpaired) electrons. The molecule has 7 aromatic carbocycles. The summed E-state index contributed by atoms with van der Waals surface area (Å²) in [4.78, 5) is 0. The summed E-state index contributed by atoms with van der Waals surface area (Å²) in [6.45, 7) is 16.7. The molecule has 0 saturated heterocycles. The van der Waals surface area contributed by atoms with Gasteiger partial charge in [-0.2, -0.15) is 0 Å². The average molecular weight is 687 g/mol. The Labute approximate surface area is 317 Å². The highest BCUT2D eigenvalue weighted by atomic mass is 14.0. The van der Waals surface area contributed by atoms with Gasteiger partial charge >= 0.3 is 0 Å². The molecule has 8 rings (SSSR count). The Hall–Kier alpha value is -5.46. The van der Waals surface area contributed by atoms with Crippen LogP contribution in [0.5, 0.6) is 0 Å². The van der Waals surface area contributed by atoms with Gasteiger partial charge in [0.05, 0.1) is 0 Å². The fraction of sp³-hybridized carbons (Fsp3) is 0.192. The summed E-state index contributed by atoms with van der Waals surface area (Å²) in [6, 6.07) is 62.4. The van der Waals surface area contributed by atoms with Gasteiger partial charge in [0, 0.05) is 0 Å². The Morgan fingerprint density at radius 2 is 0.673 bits per heavy atom. The van der Waals surface area contributed by atoms with E-state index in [1.54, 1.807) is 0 Å². The van der Waals surface area contributed by atoms with Gasteiger partial charge in [0.25, 0.3) is 0 Å². The van der Waals surface area contributed by atoms with E-state index in [0.29, 0.717) is 0 Å². The molecule has 0 spiro atoms. The van der Waals surface area contributed by atoms with Crippen molar-refractivity contribution in [2.24, 2.45) is 0 Å². The summed E-state index contributed by atoms with van der Waals surface area (Å²) in [7, 11) is 0. The average Bonchev–Trinajstić information content (AvgIpc) is 3.65. The monoisotopic (exact) mass is 686 g/mol. The van der Waals surface area contributed by atoms with Crippen molar-refractivity contribution < 1.29 is 0 Å².